The number of rotatable bonds is 4. The largest absolute Gasteiger partial charge is 0.501 e. The second-order valence-electron chi connectivity index (χ2n) is 4.98. The molecule has 0 saturated carbocycles. The Morgan fingerprint density at radius 3 is 2.00 bits per heavy atom. The number of nitrogens with zero attached hydrogens (tertiary/aromatic N) is 2. The van der Waals surface area contributed by atoms with E-state index in [0.717, 1.165) is 58.5 Å². The third-order valence-electron chi connectivity index (χ3n) is 3.28. The molecular weight excluding hydrogens is 236 g/mol. The zero-order valence-electron chi connectivity index (χ0n) is 11.0. The van der Waals surface area contributed by atoms with Crippen LogP contribution in [0.3, 0.4) is 0 Å². The maximum absolute atomic E-state index is 5.96. The number of hydrogen-bond acceptors (Lipinski definition) is 5. The van der Waals surface area contributed by atoms with E-state index in [1.807, 2.05) is 0 Å². The van der Waals surface area contributed by atoms with E-state index in [1.54, 1.807) is 0 Å². The van der Waals surface area contributed by atoms with Crippen LogP contribution < -0.4 is 0 Å². The Morgan fingerprint density at radius 1 is 1.00 bits per heavy atom. The van der Waals surface area contributed by atoms with Gasteiger partial charge < -0.3 is 18.2 Å². The van der Waals surface area contributed by atoms with Gasteiger partial charge in [0.15, 0.2) is 0 Å². The zero-order valence-corrected chi connectivity index (χ0v) is 12.0. The van der Waals surface area contributed by atoms with Crippen molar-refractivity contribution < 1.29 is 13.3 Å². The molecule has 3 heterocycles. The lowest BCUT2D eigenvalue weighted by molar-refractivity contribution is -0.00870. The van der Waals surface area contributed by atoms with Crippen LogP contribution in [0.5, 0.6) is 0 Å². The fraction of sp³-hybridized carbons (Fsp3) is 1.00. The first kappa shape index (κ1) is 13.4. The first-order valence-corrected chi connectivity index (χ1v) is 8.42. The van der Waals surface area contributed by atoms with Gasteiger partial charge in [-0.3, -0.25) is 4.90 Å². The van der Waals surface area contributed by atoms with E-state index in [4.69, 9.17) is 13.3 Å². The summed E-state index contributed by atoms with van der Waals surface area (Å²) in [4.78, 5) is 4.54. The van der Waals surface area contributed by atoms with E-state index in [-0.39, 0.29) is 0 Å². The van der Waals surface area contributed by atoms with Crippen LogP contribution in [0.2, 0.25) is 6.04 Å². The standard InChI is InChI=1S/C11H24N2O3Si/c1-12(2)4-3-11-17-14-8-5-13(6-9-15-17)7-10-16-17/h3-11H2,1-2H3. The molecule has 5 nitrogen and oxygen atoms in total. The van der Waals surface area contributed by atoms with Crippen LogP contribution in [0.15, 0.2) is 0 Å². The molecule has 0 aromatic heterocycles. The van der Waals surface area contributed by atoms with E-state index >= 15 is 0 Å². The van der Waals surface area contributed by atoms with Crippen molar-refractivity contribution in [3.63, 3.8) is 0 Å². The molecule has 3 aliphatic heterocycles. The topological polar surface area (TPSA) is 34.2 Å². The van der Waals surface area contributed by atoms with E-state index < -0.39 is 8.80 Å². The average Bonchev–Trinajstić information content (AvgIpc) is 2.18. The van der Waals surface area contributed by atoms with Gasteiger partial charge in [-0.05, 0) is 27.1 Å². The minimum Gasteiger partial charge on any atom is -0.372 e. The predicted octanol–water partition coefficient (Wildman–Crippen LogP) is 0.256. The molecule has 3 aliphatic rings. The molecule has 0 atom stereocenters. The summed E-state index contributed by atoms with van der Waals surface area (Å²) in [5.41, 5.74) is 0. The number of hydrogen-bond donors (Lipinski definition) is 0. The molecule has 3 fully saturated rings. The maximum atomic E-state index is 5.96. The molecule has 0 amide bonds. The lowest BCUT2D eigenvalue weighted by atomic mass is 10.4. The van der Waals surface area contributed by atoms with Gasteiger partial charge in [-0.1, -0.05) is 0 Å². The summed E-state index contributed by atoms with van der Waals surface area (Å²) < 4.78 is 17.9. The molecule has 17 heavy (non-hydrogen) atoms. The molecule has 6 heteroatoms. The van der Waals surface area contributed by atoms with Gasteiger partial charge in [-0.25, -0.2) is 0 Å². The van der Waals surface area contributed by atoms with E-state index in [0.29, 0.717) is 0 Å². The van der Waals surface area contributed by atoms with Crippen LogP contribution in [0.25, 0.3) is 0 Å². The quantitative estimate of drug-likeness (QED) is 0.677. The first-order valence-electron chi connectivity index (χ1n) is 6.49. The second kappa shape index (κ2) is 6.26. The minimum absolute atomic E-state index is 0.758. The Bertz CT molecular complexity index is 214. The molecule has 0 N–H and O–H groups in total. The summed E-state index contributed by atoms with van der Waals surface area (Å²) in [6.07, 6.45) is 1.09. The van der Waals surface area contributed by atoms with E-state index in [9.17, 15) is 0 Å². The Labute approximate surface area is 105 Å². The molecule has 0 aliphatic carbocycles. The predicted molar refractivity (Wildman–Crippen MR) is 68.0 cm³/mol. The SMILES string of the molecule is CN(C)CCC[Si]12OCCN(CCO1)CCO2. The van der Waals surface area contributed by atoms with Crippen molar-refractivity contribution in [3.8, 4) is 0 Å². The lowest BCUT2D eigenvalue weighted by Gasteiger charge is -2.38. The first-order chi connectivity index (χ1) is 8.20. The smallest absolute Gasteiger partial charge is 0.372 e. The molecule has 0 unspecified atom stereocenters. The maximum Gasteiger partial charge on any atom is 0.501 e. The van der Waals surface area contributed by atoms with Crippen molar-refractivity contribution >= 4 is 8.80 Å². The van der Waals surface area contributed by atoms with Crippen molar-refractivity contribution in [2.75, 3.05) is 60.1 Å². The normalized spacial score (nSPS) is 34.4. The highest BCUT2D eigenvalue weighted by molar-refractivity contribution is 6.60. The molecule has 0 aromatic carbocycles. The fourth-order valence-corrected chi connectivity index (χ4v) is 4.76. The minimum atomic E-state index is -2.35. The van der Waals surface area contributed by atoms with Gasteiger partial charge in [0.1, 0.15) is 0 Å². The molecule has 0 radical (unpaired) electrons. The summed E-state index contributed by atoms with van der Waals surface area (Å²) >= 11 is 0. The second-order valence-corrected chi connectivity index (χ2v) is 7.71. The highest BCUT2D eigenvalue weighted by atomic mass is 28.4. The third kappa shape index (κ3) is 4.01. The van der Waals surface area contributed by atoms with Crippen LogP contribution in [-0.2, 0) is 13.3 Å². The van der Waals surface area contributed by atoms with E-state index in [1.165, 1.54) is 0 Å². The molecule has 2 bridgehead atoms. The summed E-state index contributed by atoms with van der Waals surface area (Å²) in [5, 5.41) is 0. The van der Waals surface area contributed by atoms with Crippen LogP contribution >= 0.6 is 0 Å². The summed E-state index contributed by atoms with van der Waals surface area (Å²) in [6.45, 7) is 6.41. The van der Waals surface area contributed by atoms with Gasteiger partial charge in [-0.15, -0.1) is 0 Å². The van der Waals surface area contributed by atoms with Crippen molar-refractivity contribution in [2.45, 2.75) is 12.5 Å². The molecule has 3 saturated heterocycles. The van der Waals surface area contributed by atoms with Crippen molar-refractivity contribution in [3.05, 3.63) is 0 Å². The molecule has 100 valence electrons. The average molecular weight is 260 g/mol. The summed E-state index contributed by atoms with van der Waals surface area (Å²) in [7, 11) is 1.84. The monoisotopic (exact) mass is 260 g/mol. The summed E-state index contributed by atoms with van der Waals surface area (Å²) in [6, 6.07) is 0.950. The van der Waals surface area contributed by atoms with Gasteiger partial charge in [-0.2, -0.15) is 0 Å². The van der Waals surface area contributed by atoms with Crippen LogP contribution in [0.4, 0.5) is 0 Å². The Hall–Kier alpha value is 0.0169. The van der Waals surface area contributed by atoms with Crippen LogP contribution in [0.1, 0.15) is 6.42 Å². The number of fused-ring (bicyclic) bond motifs is 6. The fourth-order valence-electron chi connectivity index (χ4n) is 2.28. The Balaban J connectivity index is 1.89. The van der Waals surface area contributed by atoms with Crippen molar-refractivity contribution in [2.24, 2.45) is 0 Å². The molecule has 0 aromatic rings. The van der Waals surface area contributed by atoms with Crippen molar-refractivity contribution in [1.82, 2.24) is 9.80 Å². The molecule has 3 rings (SSSR count). The summed E-state index contributed by atoms with van der Waals surface area (Å²) in [5.74, 6) is 0. The van der Waals surface area contributed by atoms with Gasteiger partial charge >= 0.3 is 8.80 Å². The van der Waals surface area contributed by atoms with Crippen LogP contribution in [-0.4, -0.2) is 78.7 Å². The third-order valence-corrected chi connectivity index (χ3v) is 6.17. The lowest BCUT2D eigenvalue weighted by Crippen LogP contribution is -2.55. The van der Waals surface area contributed by atoms with Gasteiger partial charge in [0.05, 0.1) is 19.8 Å². The van der Waals surface area contributed by atoms with Crippen molar-refractivity contribution in [1.29, 1.82) is 0 Å². The Kier molecular flexibility index (Phi) is 4.95. The van der Waals surface area contributed by atoms with Gasteiger partial charge in [0.25, 0.3) is 0 Å². The molecular formula is C11H24N2O3Si. The molecule has 0 spiro atoms. The highest BCUT2D eigenvalue weighted by Crippen LogP contribution is 2.21. The van der Waals surface area contributed by atoms with Crippen LogP contribution in [0, 0.1) is 0 Å². The van der Waals surface area contributed by atoms with E-state index in [2.05, 4.69) is 23.9 Å². The Morgan fingerprint density at radius 2 is 1.53 bits per heavy atom. The van der Waals surface area contributed by atoms with Gasteiger partial charge in [0, 0.05) is 25.7 Å². The zero-order chi connectivity index (χ0) is 12.1. The van der Waals surface area contributed by atoms with Gasteiger partial charge in [0.2, 0.25) is 0 Å². The highest BCUT2D eigenvalue weighted by Gasteiger charge is 2.43.